The first kappa shape index (κ1) is 16.5. The van der Waals surface area contributed by atoms with E-state index < -0.39 is 11.8 Å². The Morgan fingerprint density at radius 3 is 2.43 bits per heavy atom. The van der Waals surface area contributed by atoms with Gasteiger partial charge in [0.05, 0.1) is 12.3 Å². The smallest absolute Gasteiger partial charge is 0.313 e. The first-order valence-corrected chi connectivity index (χ1v) is 7.47. The Morgan fingerprint density at radius 2 is 1.70 bits per heavy atom. The van der Waals surface area contributed by atoms with Gasteiger partial charge in [-0.25, -0.2) is 0 Å². The van der Waals surface area contributed by atoms with Crippen LogP contribution in [0.2, 0.25) is 0 Å². The van der Waals surface area contributed by atoms with E-state index in [-0.39, 0.29) is 0 Å². The molecule has 0 fully saturated rings. The number of para-hydroxylation sites is 2. The lowest BCUT2D eigenvalue weighted by atomic mass is 10.1. The van der Waals surface area contributed by atoms with Crippen LogP contribution in [0.4, 0.5) is 5.69 Å². The quantitative estimate of drug-likeness (QED) is 0.834. The maximum Gasteiger partial charge on any atom is 0.313 e. The summed E-state index contributed by atoms with van der Waals surface area (Å²) in [6.07, 6.45) is 0. The molecule has 5 nitrogen and oxygen atoms in total. The van der Waals surface area contributed by atoms with Crippen LogP contribution in [-0.4, -0.2) is 18.4 Å². The first-order valence-electron chi connectivity index (χ1n) is 7.47. The van der Waals surface area contributed by atoms with Crippen LogP contribution < -0.4 is 15.4 Å². The van der Waals surface area contributed by atoms with Gasteiger partial charge in [0.2, 0.25) is 0 Å². The predicted molar refractivity (Wildman–Crippen MR) is 89.3 cm³/mol. The van der Waals surface area contributed by atoms with Crippen molar-refractivity contribution in [3.63, 3.8) is 0 Å². The number of ether oxygens (including phenoxy) is 1. The molecule has 0 aromatic heterocycles. The number of carbonyl (C=O) groups excluding carboxylic acids is 2. The lowest BCUT2D eigenvalue weighted by molar-refractivity contribution is -0.136. The molecular weight excluding hydrogens is 292 g/mol. The molecule has 0 heterocycles. The molecule has 2 amide bonds. The SMILES string of the molecule is CCOc1ccccc1NC(=O)C(=O)NCc1ccccc1C. The molecule has 0 aliphatic carbocycles. The highest BCUT2D eigenvalue weighted by atomic mass is 16.5. The Morgan fingerprint density at radius 1 is 1.00 bits per heavy atom. The van der Waals surface area contributed by atoms with Gasteiger partial charge in [-0.15, -0.1) is 0 Å². The zero-order valence-corrected chi connectivity index (χ0v) is 13.3. The number of hydrogen-bond acceptors (Lipinski definition) is 3. The van der Waals surface area contributed by atoms with E-state index in [0.717, 1.165) is 11.1 Å². The molecule has 0 radical (unpaired) electrons. The first-order chi connectivity index (χ1) is 11.1. The van der Waals surface area contributed by atoms with E-state index in [9.17, 15) is 9.59 Å². The van der Waals surface area contributed by atoms with E-state index in [0.29, 0.717) is 24.6 Å². The number of aryl methyl sites for hydroxylation is 1. The summed E-state index contributed by atoms with van der Waals surface area (Å²) in [5, 5.41) is 5.19. The van der Waals surface area contributed by atoms with Gasteiger partial charge in [-0.1, -0.05) is 36.4 Å². The average molecular weight is 312 g/mol. The molecule has 0 atom stereocenters. The highest BCUT2D eigenvalue weighted by Gasteiger charge is 2.15. The molecule has 120 valence electrons. The molecular formula is C18H20N2O3. The number of anilines is 1. The lowest BCUT2D eigenvalue weighted by Gasteiger charge is -2.11. The van der Waals surface area contributed by atoms with Crippen LogP contribution in [-0.2, 0) is 16.1 Å². The summed E-state index contributed by atoms with van der Waals surface area (Å²) in [4.78, 5) is 23.9. The summed E-state index contributed by atoms with van der Waals surface area (Å²) < 4.78 is 5.42. The molecule has 0 aliphatic heterocycles. The van der Waals surface area contributed by atoms with Crippen molar-refractivity contribution in [2.45, 2.75) is 20.4 Å². The number of benzene rings is 2. The van der Waals surface area contributed by atoms with Crippen molar-refractivity contribution in [1.82, 2.24) is 5.32 Å². The van der Waals surface area contributed by atoms with Crippen LogP contribution in [0.5, 0.6) is 5.75 Å². The minimum Gasteiger partial charge on any atom is -0.492 e. The molecule has 0 spiro atoms. The Bertz CT molecular complexity index is 698. The van der Waals surface area contributed by atoms with Gasteiger partial charge in [-0.2, -0.15) is 0 Å². The molecule has 0 unspecified atom stereocenters. The summed E-state index contributed by atoms with van der Waals surface area (Å²) in [5.74, 6) is -0.861. The number of amides is 2. The van der Waals surface area contributed by atoms with Crippen LogP contribution in [0.3, 0.4) is 0 Å². The summed E-state index contributed by atoms with van der Waals surface area (Å²) in [6.45, 7) is 4.60. The summed E-state index contributed by atoms with van der Waals surface area (Å²) in [6, 6.07) is 14.7. The number of carbonyl (C=O) groups is 2. The third-order valence-electron chi connectivity index (χ3n) is 3.34. The highest BCUT2D eigenvalue weighted by molar-refractivity contribution is 6.39. The Hall–Kier alpha value is -2.82. The van der Waals surface area contributed by atoms with Gasteiger partial charge >= 0.3 is 11.8 Å². The van der Waals surface area contributed by atoms with Gasteiger partial charge in [0, 0.05) is 6.54 Å². The highest BCUT2D eigenvalue weighted by Crippen LogP contribution is 2.23. The third-order valence-corrected chi connectivity index (χ3v) is 3.34. The molecule has 0 aliphatic rings. The second-order valence-corrected chi connectivity index (χ2v) is 4.99. The van der Waals surface area contributed by atoms with Crippen LogP contribution in [0.1, 0.15) is 18.1 Å². The Labute approximate surface area is 135 Å². The topological polar surface area (TPSA) is 67.4 Å². The summed E-state index contributed by atoms with van der Waals surface area (Å²) in [7, 11) is 0. The predicted octanol–water partition coefficient (Wildman–Crippen LogP) is 2.65. The van der Waals surface area contributed by atoms with Gasteiger partial charge in [0.1, 0.15) is 5.75 Å². The van der Waals surface area contributed by atoms with Crippen molar-refractivity contribution >= 4 is 17.5 Å². The normalized spacial score (nSPS) is 10.0. The van der Waals surface area contributed by atoms with E-state index in [2.05, 4.69) is 10.6 Å². The fourth-order valence-corrected chi connectivity index (χ4v) is 2.09. The van der Waals surface area contributed by atoms with E-state index >= 15 is 0 Å². The molecule has 2 rings (SSSR count). The fourth-order valence-electron chi connectivity index (χ4n) is 2.09. The lowest BCUT2D eigenvalue weighted by Crippen LogP contribution is -2.35. The van der Waals surface area contributed by atoms with Gasteiger partial charge < -0.3 is 15.4 Å². The fraction of sp³-hybridized carbons (Fsp3) is 0.222. The van der Waals surface area contributed by atoms with Crippen molar-refractivity contribution in [2.75, 3.05) is 11.9 Å². The molecule has 2 N–H and O–H groups in total. The van der Waals surface area contributed by atoms with E-state index in [1.165, 1.54) is 0 Å². The largest absolute Gasteiger partial charge is 0.492 e. The Kier molecular flexibility index (Phi) is 5.74. The third kappa shape index (κ3) is 4.57. The zero-order chi connectivity index (χ0) is 16.7. The minimum atomic E-state index is -0.717. The van der Waals surface area contributed by atoms with Crippen molar-refractivity contribution in [3.05, 3.63) is 59.7 Å². The average Bonchev–Trinajstić information content (AvgIpc) is 2.56. The number of rotatable bonds is 5. The zero-order valence-electron chi connectivity index (χ0n) is 13.3. The van der Waals surface area contributed by atoms with E-state index in [4.69, 9.17) is 4.74 Å². The second-order valence-electron chi connectivity index (χ2n) is 4.99. The van der Waals surface area contributed by atoms with Crippen molar-refractivity contribution < 1.29 is 14.3 Å². The van der Waals surface area contributed by atoms with Gasteiger partial charge in [0.15, 0.2) is 0 Å². The van der Waals surface area contributed by atoms with Crippen molar-refractivity contribution in [3.8, 4) is 5.75 Å². The summed E-state index contributed by atoms with van der Waals surface area (Å²) >= 11 is 0. The van der Waals surface area contributed by atoms with E-state index in [1.807, 2.05) is 38.1 Å². The van der Waals surface area contributed by atoms with Crippen molar-refractivity contribution in [2.24, 2.45) is 0 Å². The molecule has 2 aromatic carbocycles. The van der Waals surface area contributed by atoms with Gasteiger partial charge in [0.25, 0.3) is 0 Å². The maximum atomic E-state index is 12.0. The Balaban J connectivity index is 1.96. The number of hydrogen-bond donors (Lipinski definition) is 2. The standard InChI is InChI=1S/C18H20N2O3/c1-3-23-16-11-7-6-10-15(16)20-18(22)17(21)19-12-14-9-5-4-8-13(14)2/h4-11H,3,12H2,1-2H3,(H,19,21)(H,20,22). The van der Waals surface area contributed by atoms with Crippen LogP contribution >= 0.6 is 0 Å². The molecule has 0 bridgehead atoms. The second kappa shape index (κ2) is 7.98. The van der Waals surface area contributed by atoms with Gasteiger partial charge in [-0.3, -0.25) is 9.59 Å². The van der Waals surface area contributed by atoms with Crippen LogP contribution in [0.15, 0.2) is 48.5 Å². The maximum absolute atomic E-state index is 12.0. The number of nitrogens with one attached hydrogen (secondary N) is 2. The molecule has 0 saturated carbocycles. The molecule has 2 aromatic rings. The minimum absolute atomic E-state index is 0.312. The van der Waals surface area contributed by atoms with E-state index in [1.54, 1.807) is 24.3 Å². The monoisotopic (exact) mass is 312 g/mol. The van der Waals surface area contributed by atoms with Crippen LogP contribution in [0, 0.1) is 6.92 Å². The van der Waals surface area contributed by atoms with Crippen molar-refractivity contribution in [1.29, 1.82) is 0 Å². The molecule has 5 heteroatoms. The van der Waals surface area contributed by atoms with Crippen LogP contribution in [0.25, 0.3) is 0 Å². The van der Waals surface area contributed by atoms with Gasteiger partial charge in [-0.05, 0) is 37.1 Å². The summed E-state index contributed by atoms with van der Waals surface area (Å²) in [5.41, 5.74) is 2.52. The molecule has 0 saturated heterocycles. The molecule has 23 heavy (non-hydrogen) atoms.